The molecule has 0 spiro atoms. The molecule has 0 aliphatic carbocycles. The zero-order valence-corrected chi connectivity index (χ0v) is 14.7. The number of hydrogen-bond donors (Lipinski definition) is 4. The Bertz CT molecular complexity index is 668. The van der Waals surface area contributed by atoms with Crippen molar-refractivity contribution in [1.29, 1.82) is 0 Å². The molecule has 2 rings (SSSR count). The van der Waals surface area contributed by atoms with Crippen LogP contribution in [-0.4, -0.2) is 78.3 Å². The molecule has 1 saturated heterocycles. The Hall–Kier alpha value is -2.88. The van der Waals surface area contributed by atoms with E-state index in [1.54, 1.807) is 6.92 Å². The second-order valence-electron chi connectivity index (χ2n) is 5.74. The van der Waals surface area contributed by atoms with Crippen LogP contribution in [0.3, 0.4) is 0 Å². The van der Waals surface area contributed by atoms with E-state index in [9.17, 15) is 19.5 Å². The van der Waals surface area contributed by atoms with E-state index in [0.717, 1.165) is 0 Å². The molecule has 1 aliphatic heterocycles. The summed E-state index contributed by atoms with van der Waals surface area (Å²) in [7, 11) is 1.51. The predicted octanol–water partition coefficient (Wildman–Crippen LogP) is -0.938. The zero-order chi connectivity index (χ0) is 19.1. The van der Waals surface area contributed by atoms with Gasteiger partial charge in [0.2, 0.25) is 5.91 Å². The van der Waals surface area contributed by atoms with Crippen LogP contribution in [0, 0.1) is 0 Å². The van der Waals surface area contributed by atoms with Gasteiger partial charge in [0.1, 0.15) is 5.75 Å². The van der Waals surface area contributed by atoms with E-state index in [-0.39, 0.29) is 48.6 Å². The largest absolute Gasteiger partial charge is 0.505 e. The highest BCUT2D eigenvalue weighted by Gasteiger charge is 2.36. The number of hydrogen-bond acceptors (Lipinski definition) is 6. The summed E-state index contributed by atoms with van der Waals surface area (Å²) in [6, 6.07) is 2.16. The van der Waals surface area contributed by atoms with Crippen molar-refractivity contribution >= 4 is 17.8 Å². The Morgan fingerprint density at radius 3 is 2.77 bits per heavy atom. The topological polar surface area (TPSA) is 133 Å². The van der Waals surface area contributed by atoms with Gasteiger partial charge in [0.05, 0.1) is 18.7 Å². The fourth-order valence-electron chi connectivity index (χ4n) is 2.66. The third-order valence-electron chi connectivity index (χ3n) is 3.98. The highest BCUT2D eigenvalue weighted by atomic mass is 16.5. The maximum atomic E-state index is 12.3. The van der Waals surface area contributed by atoms with Gasteiger partial charge in [0, 0.05) is 32.9 Å². The number of nitrogens with one attached hydrogen (secondary N) is 3. The van der Waals surface area contributed by atoms with Crippen LogP contribution in [0.1, 0.15) is 17.4 Å². The number of nitrogens with zero attached hydrogens (tertiary/aromatic N) is 2. The summed E-state index contributed by atoms with van der Waals surface area (Å²) in [4.78, 5) is 41.3. The summed E-state index contributed by atoms with van der Waals surface area (Å²) in [5.74, 6) is -1.23. The number of aromatic nitrogens is 1. The minimum Gasteiger partial charge on any atom is -0.505 e. The van der Waals surface area contributed by atoms with Crippen molar-refractivity contribution in [3.8, 4) is 5.75 Å². The highest BCUT2D eigenvalue weighted by molar-refractivity contribution is 5.96. The molecule has 10 heteroatoms. The standard InChI is InChI=1S/C16H23N5O5/c1-3-17-16(25)20-10-8-21(9-12(10)26-2)13(23)7-19-15(24)14-11(22)5-4-6-18-14/h4-6,10,12,22H,3,7-9H2,1-2H3,(H,19,24)(H2,17,20,25)/t10-,12-/m1/s1. The first-order chi connectivity index (χ1) is 12.5. The average Bonchev–Trinajstić information content (AvgIpc) is 3.02. The minimum atomic E-state index is -0.643. The normalized spacial score (nSPS) is 19.1. The van der Waals surface area contributed by atoms with Gasteiger partial charge in [0.25, 0.3) is 5.91 Å². The van der Waals surface area contributed by atoms with Gasteiger partial charge in [-0.3, -0.25) is 9.59 Å². The van der Waals surface area contributed by atoms with Crippen LogP contribution in [-0.2, 0) is 9.53 Å². The van der Waals surface area contributed by atoms with E-state index < -0.39 is 5.91 Å². The number of amides is 4. The Morgan fingerprint density at radius 2 is 2.12 bits per heavy atom. The van der Waals surface area contributed by atoms with Crippen molar-refractivity contribution < 1.29 is 24.2 Å². The molecule has 0 aromatic carbocycles. The molecule has 10 nitrogen and oxygen atoms in total. The molecule has 0 bridgehead atoms. The first kappa shape index (κ1) is 19.4. The van der Waals surface area contributed by atoms with Crippen molar-refractivity contribution in [2.45, 2.75) is 19.1 Å². The van der Waals surface area contributed by atoms with E-state index in [0.29, 0.717) is 13.1 Å². The molecule has 0 unspecified atom stereocenters. The van der Waals surface area contributed by atoms with Gasteiger partial charge in [-0.15, -0.1) is 0 Å². The first-order valence-corrected chi connectivity index (χ1v) is 8.23. The van der Waals surface area contributed by atoms with Gasteiger partial charge in [-0.25, -0.2) is 9.78 Å². The number of rotatable bonds is 6. The summed E-state index contributed by atoms with van der Waals surface area (Å²) in [6.07, 6.45) is 1.04. The van der Waals surface area contributed by atoms with E-state index in [1.807, 2.05) is 0 Å². The van der Waals surface area contributed by atoms with E-state index in [1.165, 1.54) is 30.3 Å². The number of likely N-dealkylation sites (tertiary alicyclic amines) is 1. The summed E-state index contributed by atoms with van der Waals surface area (Å²) in [5, 5.41) is 17.4. The third kappa shape index (κ3) is 4.82. The maximum Gasteiger partial charge on any atom is 0.315 e. The fourth-order valence-corrected chi connectivity index (χ4v) is 2.66. The molecular weight excluding hydrogens is 342 g/mol. The number of carbonyl (C=O) groups is 3. The molecule has 2 atom stereocenters. The smallest absolute Gasteiger partial charge is 0.315 e. The SMILES string of the molecule is CCNC(=O)N[C@@H]1CN(C(=O)CNC(=O)c2ncccc2O)C[C@H]1OC. The lowest BCUT2D eigenvalue weighted by atomic mass is 10.2. The van der Waals surface area contributed by atoms with Crippen LogP contribution in [0.5, 0.6) is 5.75 Å². The Labute approximate surface area is 150 Å². The van der Waals surface area contributed by atoms with E-state index in [4.69, 9.17) is 4.74 Å². The number of methoxy groups -OCH3 is 1. The number of ether oxygens (including phenoxy) is 1. The van der Waals surface area contributed by atoms with E-state index >= 15 is 0 Å². The summed E-state index contributed by atoms with van der Waals surface area (Å²) >= 11 is 0. The van der Waals surface area contributed by atoms with Gasteiger partial charge >= 0.3 is 6.03 Å². The summed E-state index contributed by atoms with van der Waals surface area (Å²) < 4.78 is 5.33. The quantitative estimate of drug-likeness (QED) is 0.514. The van der Waals surface area contributed by atoms with Gasteiger partial charge < -0.3 is 30.7 Å². The van der Waals surface area contributed by atoms with Gasteiger partial charge in [-0.1, -0.05) is 0 Å². The molecule has 2 heterocycles. The number of pyridine rings is 1. The van der Waals surface area contributed by atoms with Crippen molar-refractivity contribution in [2.75, 3.05) is 33.3 Å². The lowest BCUT2D eigenvalue weighted by Gasteiger charge is -2.18. The maximum absolute atomic E-state index is 12.3. The predicted molar refractivity (Wildman–Crippen MR) is 91.6 cm³/mol. The first-order valence-electron chi connectivity index (χ1n) is 8.23. The van der Waals surface area contributed by atoms with Crippen molar-refractivity contribution in [2.24, 2.45) is 0 Å². The molecule has 26 heavy (non-hydrogen) atoms. The highest BCUT2D eigenvalue weighted by Crippen LogP contribution is 2.14. The van der Waals surface area contributed by atoms with Crippen molar-refractivity contribution in [3.63, 3.8) is 0 Å². The molecule has 1 aromatic rings. The number of carbonyl (C=O) groups excluding carboxylic acids is 3. The van der Waals surface area contributed by atoms with E-state index in [2.05, 4.69) is 20.9 Å². The molecule has 1 fully saturated rings. The van der Waals surface area contributed by atoms with Crippen LogP contribution >= 0.6 is 0 Å². The van der Waals surface area contributed by atoms with Gasteiger partial charge in [-0.2, -0.15) is 0 Å². The van der Waals surface area contributed by atoms with Crippen LogP contribution in [0.15, 0.2) is 18.3 Å². The number of urea groups is 1. The second-order valence-corrected chi connectivity index (χ2v) is 5.74. The van der Waals surface area contributed by atoms with Crippen molar-refractivity contribution in [3.05, 3.63) is 24.0 Å². The lowest BCUT2D eigenvalue weighted by molar-refractivity contribution is -0.129. The molecule has 4 amide bonds. The minimum absolute atomic E-state index is 0.146. The molecule has 1 aliphatic rings. The lowest BCUT2D eigenvalue weighted by Crippen LogP contribution is -2.48. The van der Waals surface area contributed by atoms with Crippen LogP contribution in [0.25, 0.3) is 0 Å². The molecule has 1 aromatic heterocycles. The molecule has 4 N–H and O–H groups in total. The van der Waals surface area contributed by atoms with Crippen LogP contribution < -0.4 is 16.0 Å². The Balaban J connectivity index is 1.88. The van der Waals surface area contributed by atoms with Crippen LogP contribution in [0.2, 0.25) is 0 Å². The molecular formula is C16H23N5O5. The zero-order valence-electron chi connectivity index (χ0n) is 14.7. The second kappa shape index (κ2) is 8.99. The molecule has 0 saturated carbocycles. The van der Waals surface area contributed by atoms with Crippen LogP contribution in [0.4, 0.5) is 4.79 Å². The van der Waals surface area contributed by atoms with Crippen molar-refractivity contribution in [1.82, 2.24) is 25.8 Å². The molecule has 142 valence electrons. The molecule has 0 radical (unpaired) electrons. The monoisotopic (exact) mass is 365 g/mol. The summed E-state index contributed by atoms with van der Waals surface area (Å²) in [6.45, 7) is 2.63. The van der Waals surface area contributed by atoms with Gasteiger partial charge in [0.15, 0.2) is 5.69 Å². The average molecular weight is 365 g/mol. The number of aromatic hydroxyl groups is 1. The third-order valence-corrected chi connectivity index (χ3v) is 3.98. The fraction of sp³-hybridized carbons (Fsp3) is 0.500. The Kier molecular flexibility index (Phi) is 6.73. The summed E-state index contributed by atoms with van der Waals surface area (Å²) in [5.41, 5.74) is -0.146. The van der Waals surface area contributed by atoms with Gasteiger partial charge in [-0.05, 0) is 19.1 Å². The Morgan fingerprint density at radius 1 is 1.35 bits per heavy atom.